The van der Waals surface area contributed by atoms with Gasteiger partial charge < -0.3 is 16.0 Å². The van der Waals surface area contributed by atoms with Crippen LogP contribution in [0.25, 0.3) is 0 Å². The van der Waals surface area contributed by atoms with Crippen LogP contribution in [-0.4, -0.2) is 55.0 Å². The molecule has 1 heterocycles. The Labute approximate surface area is 187 Å². The maximum atomic E-state index is 11.7. The van der Waals surface area contributed by atoms with E-state index in [2.05, 4.69) is 76.9 Å². The van der Waals surface area contributed by atoms with Crippen LogP contribution in [0.4, 0.5) is 0 Å². The Morgan fingerprint density at radius 2 is 1.96 bits per heavy atom. The van der Waals surface area contributed by atoms with Crippen LogP contribution in [0.15, 0.2) is 35.3 Å². The molecule has 0 spiro atoms. The zero-order valence-electron chi connectivity index (χ0n) is 17.4. The van der Waals surface area contributed by atoms with Gasteiger partial charge in [-0.3, -0.25) is 14.7 Å². The minimum Gasteiger partial charge on any atom is -0.357 e. The number of aliphatic imine (C=N–C) groups is 1. The van der Waals surface area contributed by atoms with E-state index in [4.69, 9.17) is 0 Å². The Morgan fingerprint density at radius 1 is 1.21 bits per heavy atom. The molecule has 1 aromatic carbocycles. The average molecular weight is 501 g/mol. The van der Waals surface area contributed by atoms with Crippen LogP contribution >= 0.6 is 24.0 Å². The van der Waals surface area contributed by atoms with E-state index in [1.165, 1.54) is 5.56 Å². The van der Waals surface area contributed by atoms with Gasteiger partial charge in [-0.05, 0) is 32.3 Å². The van der Waals surface area contributed by atoms with Gasteiger partial charge in [0, 0.05) is 44.7 Å². The van der Waals surface area contributed by atoms with E-state index in [9.17, 15) is 4.79 Å². The fourth-order valence-electron chi connectivity index (χ4n) is 3.38. The normalized spacial score (nSPS) is 19.8. The highest BCUT2D eigenvalue weighted by atomic mass is 127. The first kappa shape index (κ1) is 24.7. The molecule has 6 nitrogen and oxygen atoms in total. The standard InChI is InChI=1S/C21H35N5O.HI/c1-4-12-23-20(27)11-13-24-21(22-5-2)25-19-14-17(3)26(16-19)15-18-9-7-6-8-10-18;/h6-10,17,19H,4-5,11-16H2,1-3H3,(H,23,27)(H2,22,24,25);1H. The van der Waals surface area contributed by atoms with Crippen molar-refractivity contribution < 1.29 is 4.79 Å². The number of carbonyl (C=O) groups excluding carboxylic acids is 1. The topological polar surface area (TPSA) is 68.8 Å². The van der Waals surface area contributed by atoms with Crippen LogP contribution in [-0.2, 0) is 11.3 Å². The molecule has 1 aromatic rings. The second kappa shape index (κ2) is 13.8. The van der Waals surface area contributed by atoms with Crippen LogP contribution in [0.5, 0.6) is 0 Å². The van der Waals surface area contributed by atoms with Gasteiger partial charge in [-0.25, -0.2) is 0 Å². The number of nitrogens with zero attached hydrogens (tertiary/aromatic N) is 2. The van der Waals surface area contributed by atoms with Crippen LogP contribution in [0.2, 0.25) is 0 Å². The summed E-state index contributed by atoms with van der Waals surface area (Å²) in [5.41, 5.74) is 1.35. The molecule has 1 aliphatic heterocycles. The van der Waals surface area contributed by atoms with Gasteiger partial charge in [0.1, 0.15) is 0 Å². The fraction of sp³-hybridized carbons (Fsp3) is 0.619. The Balaban J connectivity index is 0.00000392. The third kappa shape index (κ3) is 8.77. The lowest BCUT2D eigenvalue weighted by Gasteiger charge is -2.21. The molecule has 0 aliphatic carbocycles. The monoisotopic (exact) mass is 501 g/mol. The number of benzene rings is 1. The van der Waals surface area contributed by atoms with Crippen molar-refractivity contribution in [2.45, 2.75) is 58.7 Å². The summed E-state index contributed by atoms with van der Waals surface area (Å²) >= 11 is 0. The van der Waals surface area contributed by atoms with Crippen molar-refractivity contribution in [2.75, 3.05) is 26.2 Å². The van der Waals surface area contributed by atoms with E-state index in [1.54, 1.807) is 0 Å². The molecular formula is C21H36IN5O. The van der Waals surface area contributed by atoms with Gasteiger partial charge in [-0.2, -0.15) is 0 Å². The van der Waals surface area contributed by atoms with Crippen molar-refractivity contribution >= 4 is 35.8 Å². The zero-order valence-corrected chi connectivity index (χ0v) is 19.7. The van der Waals surface area contributed by atoms with E-state index in [0.29, 0.717) is 25.0 Å². The van der Waals surface area contributed by atoms with Gasteiger partial charge in [0.05, 0.1) is 6.54 Å². The minimum atomic E-state index is 0. The summed E-state index contributed by atoms with van der Waals surface area (Å²) in [6, 6.07) is 11.5. The molecule has 0 bridgehead atoms. The largest absolute Gasteiger partial charge is 0.357 e. The Kier molecular flexibility index (Phi) is 12.1. The molecular weight excluding hydrogens is 465 g/mol. The molecule has 28 heavy (non-hydrogen) atoms. The molecule has 0 aromatic heterocycles. The maximum Gasteiger partial charge on any atom is 0.221 e. The smallest absolute Gasteiger partial charge is 0.221 e. The Morgan fingerprint density at radius 3 is 2.64 bits per heavy atom. The lowest BCUT2D eigenvalue weighted by molar-refractivity contribution is -0.120. The van der Waals surface area contributed by atoms with Crippen molar-refractivity contribution in [2.24, 2.45) is 4.99 Å². The molecule has 2 atom stereocenters. The number of guanidine groups is 1. The van der Waals surface area contributed by atoms with Crippen LogP contribution in [0, 0.1) is 0 Å². The molecule has 158 valence electrons. The third-order valence-corrected chi connectivity index (χ3v) is 4.80. The number of halogens is 1. The Bertz CT molecular complexity index is 596. The zero-order chi connectivity index (χ0) is 19.5. The second-order valence-electron chi connectivity index (χ2n) is 7.20. The molecule has 0 saturated carbocycles. The molecule has 1 saturated heterocycles. The quantitative estimate of drug-likeness (QED) is 0.277. The first-order valence-electron chi connectivity index (χ1n) is 10.2. The number of carbonyl (C=O) groups is 1. The molecule has 2 unspecified atom stereocenters. The highest BCUT2D eigenvalue weighted by Gasteiger charge is 2.29. The number of rotatable bonds is 9. The molecule has 1 amide bonds. The number of nitrogens with one attached hydrogen (secondary N) is 3. The van der Waals surface area contributed by atoms with E-state index >= 15 is 0 Å². The maximum absolute atomic E-state index is 11.7. The summed E-state index contributed by atoms with van der Waals surface area (Å²) in [5.74, 6) is 0.875. The van der Waals surface area contributed by atoms with Crippen LogP contribution < -0.4 is 16.0 Å². The van der Waals surface area contributed by atoms with Gasteiger partial charge in [0.15, 0.2) is 5.96 Å². The summed E-state index contributed by atoms with van der Waals surface area (Å²) in [7, 11) is 0. The molecule has 7 heteroatoms. The van der Waals surface area contributed by atoms with Gasteiger partial charge in [-0.1, -0.05) is 37.3 Å². The van der Waals surface area contributed by atoms with Crippen molar-refractivity contribution in [3.05, 3.63) is 35.9 Å². The second-order valence-corrected chi connectivity index (χ2v) is 7.20. The van der Waals surface area contributed by atoms with Gasteiger partial charge in [0.25, 0.3) is 0 Å². The number of hydrogen-bond donors (Lipinski definition) is 3. The van der Waals surface area contributed by atoms with Crippen LogP contribution in [0.3, 0.4) is 0 Å². The summed E-state index contributed by atoms with van der Waals surface area (Å²) in [6.45, 7) is 10.4. The summed E-state index contributed by atoms with van der Waals surface area (Å²) < 4.78 is 0. The fourth-order valence-corrected chi connectivity index (χ4v) is 3.38. The molecule has 0 radical (unpaired) electrons. The van der Waals surface area contributed by atoms with Gasteiger partial charge in [-0.15, -0.1) is 24.0 Å². The summed E-state index contributed by atoms with van der Waals surface area (Å²) in [6.07, 6.45) is 2.48. The highest BCUT2D eigenvalue weighted by Crippen LogP contribution is 2.20. The van der Waals surface area contributed by atoms with Gasteiger partial charge in [0.2, 0.25) is 5.91 Å². The van der Waals surface area contributed by atoms with E-state index < -0.39 is 0 Å². The summed E-state index contributed by atoms with van der Waals surface area (Å²) in [5, 5.41) is 9.73. The first-order valence-corrected chi connectivity index (χ1v) is 10.2. The molecule has 1 aliphatic rings. The van der Waals surface area contributed by atoms with Crippen LogP contribution in [0.1, 0.15) is 45.6 Å². The lowest BCUT2D eigenvalue weighted by Crippen LogP contribution is -2.44. The molecule has 1 fully saturated rings. The van der Waals surface area contributed by atoms with Crippen molar-refractivity contribution in [1.82, 2.24) is 20.9 Å². The molecule has 2 rings (SSSR count). The summed E-state index contributed by atoms with van der Waals surface area (Å²) in [4.78, 5) is 18.8. The van der Waals surface area contributed by atoms with Crippen molar-refractivity contribution in [1.29, 1.82) is 0 Å². The van der Waals surface area contributed by atoms with E-state index in [1.807, 2.05) is 0 Å². The Hall–Kier alpha value is -1.35. The molecule has 3 N–H and O–H groups in total. The number of likely N-dealkylation sites (tertiary alicyclic amines) is 1. The van der Waals surface area contributed by atoms with E-state index in [0.717, 1.165) is 45.0 Å². The average Bonchev–Trinajstić information content (AvgIpc) is 3.00. The third-order valence-electron chi connectivity index (χ3n) is 4.80. The van der Waals surface area contributed by atoms with Crippen molar-refractivity contribution in [3.8, 4) is 0 Å². The predicted octanol–water partition coefficient (Wildman–Crippen LogP) is 2.74. The van der Waals surface area contributed by atoms with E-state index in [-0.39, 0.29) is 29.9 Å². The van der Waals surface area contributed by atoms with Crippen molar-refractivity contribution in [3.63, 3.8) is 0 Å². The number of amides is 1. The predicted molar refractivity (Wildman–Crippen MR) is 127 cm³/mol. The lowest BCUT2D eigenvalue weighted by atomic mass is 10.2. The first-order chi connectivity index (χ1) is 13.1. The highest BCUT2D eigenvalue weighted by molar-refractivity contribution is 14.0. The van der Waals surface area contributed by atoms with Gasteiger partial charge >= 0.3 is 0 Å². The minimum absolute atomic E-state index is 0. The SMILES string of the molecule is CCCNC(=O)CCN=C(NCC)NC1CC(C)N(Cc2ccccc2)C1.I. The number of hydrogen-bond acceptors (Lipinski definition) is 3.